The number of hydrogen-bond donors (Lipinski definition) is 1. The van der Waals surface area contributed by atoms with Gasteiger partial charge in [0.2, 0.25) is 5.95 Å². The zero-order chi connectivity index (χ0) is 14.7. The van der Waals surface area contributed by atoms with Crippen molar-refractivity contribution in [2.75, 3.05) is 5.32 Å². The number of carbonyl (C=O) groups excluding carboxylic acids is 1. The number of benzene rings is 1. The molecule has 0 aliphatic carbocycles. The van der Waals surface area contributed by atoms with Crippen molar-refractivity contribution in [3.63, 3.8) is 0 Å². The van der Waals surface area contributed by atoms with Gasteiger partial charge in [0.15, 0.2) is 11.5 Å². The molecule has 0 saturated carbocycles. The van der Waals surface area contributed by atoms with E-state index in [1.165, 1.54) is 12.1 Å². The average Bonchev–Trinajstić information content (AvgIpc) is 2.40. The minimum atomic E-state index is -0.969. The van der Waals surface area contributed by atoms with Crippen molar-refractivity contribution < 1.29 is 18.5 Å². The molecule has 0 aliphatic heterocycles. The van der Waals surface area contributed by atoms with Gasteiger partial charge in [-0.1, -0.05) is 12.1 Å². The van der Waals surface area contributed by atoms with E-state index in [0.717, 1.165) is 24.3 Å². The molecule has 1 aromatic carbocycles. The second kappa shape index (κ2) is 5.39. The first-order chi connectivity index (χ1) is 9.49. The molecule has 0 radical (unpaired) electrons. The minimum absolute atomic E-state index is 0.317. The van der Waals surface area contributed by atoms with Crippen molar-refractivity contribution in [3.05, 3.63) is 64.0 Å². The summed E-state index contributed by atoms with van der Waals surface area (Å²) >= 11 is 0. The van der Waals surface area contributed by atoms with Gasteiger partial charge in [0.25, 0.3) is 11.6 Å². The first kappa shape index (κ1) is 13.5. The normalized spacial score (nSPS) is 10.1. The average molecular weight is 279 g/mol. The highest BCUT2D eigenvalue weighted by molar-refractivity contribution is 6.04. The van der Waals surface area contributed by atoms with Crippen LogP contribution in [0.15, 0.2) is 36.4 Å². The molecule has 1 amide bonds. The summed E-state index contributed by atoms with van der Waals surface area (Å²) in [6.45, 7) is 0. The fraction of sp³-hybridized carbons (Fsp3) is 0. The van der Waals surface area contributed by atoms with Gasteiger partial charge in [-0.3, -0.25) is 14.9 Å². The van der Waals surface area contributed by atoms with Crippen LogP contribution in [-0.2, 0) is 0 Å². The van der Waals surface area contributed by atoms with Gasteiger partial charge in [-0.2, -0.15) is 4.39 Å². The highest BCUT2D eigenvalue weighted by Gasteiger charge is 2.21. The zero-order valence-corrected chi connectivity index (χ0v) is 9.84. The van der Waals surface area contributed by atoms with Crippen LogP contribution in [0.5, 0.6) is 0 Å². The summed E-state index contributed by atoms with van der Waals surface area (Å²) < 4.78 is 26.4. The molecule has 0 bridgehead atoms. The number of nitro benzene ring substituents is 1. The quantitative estimate of drug-likeness (QED) is 0.531. The maximum Gasteiger partial charge on any atom is 0.295 e. The van der Waals surface area contributed by atoms with E-state index >= 15 is 0 Å². The van der Waals surface area contributed by atoms with E-state index in [1.807, 2.05) is 5.32 Å². The third kappa shape index (κ3) is 2.74. The van der Waals surface area contributed by atoms with Gasteiger partial charge < -0.3 is 5.32 Å². The van der Waals surface area contributed by atoms with Crippen LogP contribution in [0, 0.1) is 21.9 Å². The number of rotatable bonds is 3. The summed E-state index contributed by atoms with van der Waals surface area (Å²) in [6.07, 6.45) is 0. The van der Waals surface area contributed by atoms with E-state index < -0.39 is 34.0 Å². The Balaban J connectivity index is 2.35. The summed E-state index contributed by atoms with van der Waals surface area (Å²) in [7, 11) is 0. The molecule has 0 unspecified atom stereocenters. The zero-order valence-electron chi connectivity index (χ0n) is 9.84. The molecule has 6 nitrogen and oxygen atoms in total. The van der Waals surface area contributed by atoms with Crippen LogP contribution < -0.4 is 5.32 Å². The number of nitrogens with zero attached hydrogens (tertiary/aromatic N) is 2. The van der Waals surface area contributed by atoms with Crippen LogP contribution in [-0.4, -0.2) is 15.8 Å². The minimum Gasteiger partial charge on any atom is -0.312 e. The lowest BCUT2D eigenvalue weighted by atomic mass is 10.2. The molecule has 0 aliphatic rings. The Morgan fingerprint density at radius 3 is 2.55 bits per heavy atom. The number of halogens is 2. The lowest BCUT2D eigenvalue weighted by Gasteiger charge is -2.06. The SMILES string of the molecule is O=C(Nc1c(F)cccc1[N+](=O)[O-])c1cccc(F)n1. The Morgan fingerprint density at radius 1 is 1.20 bits per heavy atom. The largest absolute Gasteiger partial charge is 0.312 e. The first-order valence-corrected chi connectivity index (χ1v) is 5.36. The van der Waals surface area contributed by atoms with Crippen molar-refractivity contribution >= 4 is 17.3 Å². The third-order valence-electron chi connectivity index (χ3n) is 2.37. The second-order valence-corrected chi connectivity index (χ2v) is 3.69. The van der Waals surface area contributed by atoms with Crippen LogP contribution in [0.2, 0.25) is 0 Å². The fourth-order valence-corrected chi connectivity index (χ4v) is 1.50. The van der Waals surface area contributed by atoms with Crippen molar-refractivity contribution in [2.45, 2.75) is 0 Å². The Bertz CT molecular complexity index is 691. The number of para-hydroxylation sites is 1. The topological polar surface area (TPSA) is 85.1 Å². The molecule has 8 heteroatoms. The number of carbonyl (C=O) groups is 1. The third-order valence-corrected chi connectivity index (χ3v) is 2.37. The van der Waals surface area contributed by atoms with E-state index in [9.17, 15) is 23.7 Å². The number of pyridine rings is 1. The van der Waals surface area contributed by atoms with Gasteiger partial charge in [-0.15, -0.1) is 0 Å². The van der Waals surface area contributed by atoms with Gasteiger partial charge in [0, 0.05) is 6.07 Å². The summed E-state index contributed by atoms with van der Waals surface area (Å²) in [5.41, 5.74) is -1.51. The Hall–Kier alpha value is -2.90. The Labute approximate surface area is 111 Å². The van der Waals surface area contributed by atoms with Crippen molar-refractivity contribution in [1.29, 1.82) is 0 Å². The van der Waals surface area contributed by atoms with E-state index in [0.29, 0.717) is 0 Å². The van der Waals surface area contributed by atoms with Gasteiger partial charge in [-0.25, -0.2) is 9.37 Å². The Kier molecular flexibility index (Phi) is 3.65. The maximum atomic E-state index is 13.6. The first-order valence-electron chi connectivity index (χ1n) is 5.36. The predicted octanol–water partition coefficient (Wildman–Crippen LogP) is 2.52. The molecule has 0 atom stereocenters. The van der Waals surface area contributed by atoms with Crippen LogP contribution >= 0.6 is 0 Å². The Morgan fingerprint density at radius 2 is 1.90 bits per heavy atom. The van der Waals surface area contributed by atoms with Crippen LogP contribution in [0.25, 0.3) is 0 Å². The highest BCUT2D eigenvalue weighted by atomic mass is 19.1. The second-order valence-electron chi connectivity index (χ2n) is 3.69. The molecule has 1 N–H and O–H groups in total. The van der Waals surface area contributed by atoms with E-state index in [4.69, 9.17) is 0 Å². The van der Waals surface area contributed by atoms with E-state index in [2.05, 4.69) is 4.98 Å². The van der Waals surface area contributed by atoms with Crippen LogP contribution in [0.1, 0.15) is 10.5 Å². The molecular formula is C12H7F2N3O3. The molecule has 0 fully saturated rings. The van der Waals surface area contributed by atoms with E-state index in [1.54, 1.807) is 0 Å². The lowest BCUT2D eigenvalue weighted by Crippen LogP contribution is -2.16. The highest BCUT2D eigenvalue weighted by Crippen LogP contribution is 2.27. The smallest absolute Gasteiger partial charge is 0.295 e. The van der Waals surface area contributed by atoms with Gasteiger partial charge in [0.05, 0.1) is 4.92 Å². The summed E-state index contributed by atoms with van der Waals surface area (Å²) in [4.78, 5) is 25.0. The molecule has 1 aromatic heterocycles. The fourth-order valence-electron chi connectivity index (χ4n) is 1.50. The molecule has 102 valence electrons. The molecule has 1 heterocycles. The number of amides is 1. The van der Waals surface area contributed by atoms with Gasteiger partial charge >= 0.3 is 0 Å². The lowest BCUT2D eigenvalue weighted by molar-refractivity contribution is -0.384. The molecule has 2 aromatic rings. The molecule has 0 saturated heterocycles. The van der Waals surface area contributed by atoms with Crippen molar-refractivity contribution in [2.24, 2.45) is 0 Å². The summed E-state index contributed by atoms with van der Waals surface area (Å²) in [6, 6.07) is 6.61. The maximum absolute atomic E-state index is 13.6. The molecule has 0 spiro atoms. The summed E-state index contributed by atoms with van der Waals surface area (Å²) in [5.74, 6) is -2.80. The number of nitro groups is 1. The number of nitrogens with one attached hydrogen (secondary N) is 1. The summed E-state index contributed by atoms with van der Waals surface area (Å²) in [5, 5.41) is 12.8. The monoisotopic (exact) mass is 279 g/mol. The van der Waals surface area contributed by atoms with Crippen LogP contribution in [0.3, 0.4) is 0 Å². The molecule has 20 heavy (non-hydrogen) atoms. The van der Waals surface area contributed by atoms with Crippen molar-refractivity contribution in [1.82, 2.24) is 4.98 Å². The standard InChI is InChI=1S/C12H7F2N3O3/c13-7-3-1-5-9(17(19)20)11(7)16-12(18)8-4-2-6-10(14)15-8/h1-6H,(H,16,18). The number of aromatic nitrogens is 1. The van der Waals surface area contributed by atoms with Crippen LogP contribution in [0.4, 0.5) is 20.2 Å². The number of hydrogen-bond acceptors (Lipinski definition) is 4. The molecule has 2 rings (SSSR count). The predicted molar refractivity (Wildman–Crippen MR) is 65.2 cm³/mol. The number of anilines is 1. The molecular weight excluding hydrogens is 272 g/mol. The van der Waals surface area contributed by atoms with Gasteiger partial charge in [-0.05, 0) is 18.2 Å². The van der Waals surface area contributed by atoms with E-state index in [-0.39, 0.29) is 5.69 Å². The van der Waals surface area contributed by atoms with Crippen molar-refractivity contribution in [3.8, 4) is 0 Å². The van der Waals surface area contributed by atoms with Gasteiger partial charge in [0.1, 0.15) is 5.69 Å².